The number of amidine groups is 1. The Labute approximate surface area is 168 Å². The van der Waals surface area contributed by atoms with Crippen LogP contribution >= 0.6 is 34.8 Å². The zero-order chi connectivity index (χ0) is 18.1. The number of nitrogens with zero attached hydrogens (tertiary/aromatic N) is 1. The number of rotatable bonds is 2. The fraction of sp³-hybridized carbons (Fsp3) is 0.350. The molecule has 4 rings (SSSR count). The molecule has 0 radical (unpaired) electrons. The summed E-state index contributed by atoms with van der Waals surface area (Å²) in [6.45, 7) is 0.586. The standard InChI is InChI=1S/C20H20Cl3N3/c21-14-6-4-5-13(9-14)12-24-19-20(7-2-1-3-8-20)26-18-11-16(23)15(22)10-17(18)25-19/h4-6,9-11,26H,1-3,7-8,12H2,(H,24,25). The van der Waals surface area contributed by atoms with E-state index in [4.69, 9.17) is 39.8 Å². The van der Waals surface area contributed by atoms with Crippen molar-refractivity contribution in [3.05, 3.63) is 57.0 Å². The van der Waals surface area contributed by atoms with Crippen LogP contribution in [-0.4, -0.2) is 11.4 Å². The normalized spacial score (nSPS) is 19.7. The van der Waals surface area contributed by atoms with E-state index in [9.17, 15) is 0 Å². The Hall–Kier alpha value is -1.42. The third-order valence-electron chi connectivity index (χ3n) is 5.16. The zero-order valence-corrected chi connectivity index (χ0v) is 16.6. The molecule has 2 aromatic rings. The molecule has 2 aromatic carbocycles. The van der Waals surface area contributed by atoms with Crippen molar-refractivity contribution in [2.75, 3.05) is 10.6 Å². The van der Waals surface area contributed by atoms with Crippen molar-refractivity contribution in [3.63, 3.8) is 0 Å². The molecule has 3 nitrogen and oxygen atoms in total. The number of benzene rings is 2. The van der Waals surface area contributed by atoms with Crippen LogP contribution in [0.15, 0.2) is 41.4 Å². The van der Waals surface area contributed by atoms with Crippen molar-refractivity contribution >= 4 is 52.0 Å². The van der Waals surface area contributed by atoms with Crippen molar-refractivity contribution in [3.8, 4) is 0 Å². The van der Waals surface area contributed by atoms with E-state index in [1.807, 2.05) is 36.4 Å². The molecule has 136 valence electrons. The van der Waals surface area contributed by atoms with Gasteiger partial charge >= 0.3 is 0 Å². The Kier molecular flexibility index (Phi) is 5.05. The highest BCUT2D eigenvalue weighted by Gasteiger charge is 2.41. The molecule has 2 N–H and O–H groups in total. The summed E-state index contributed by atoms with van der Waals surface area (Å²) in [5.74, 6) is 0.975. The maximum atomic E-state index is 6.22. The van der Waals surface area contributed by atoms with Gasteiger partial charge in [-0.05, 0) is 42.7 Å². The first-order valence-corrected chi connectivity index (χ1v) is 10.0. The number of anilines is 2. The van der Waals surface area contributed by atoms with Gasteiger partial charge in [-0.1, -0.05) is 66.2 Å². The van der Waals surface area contributed by atoms with Crippen LogP contribution in [0.1, 0.15) is 37.7 Å². The Balaban J connectivity index is 1.70. The van der Waals surface area contributed by atoms with Crippen LogP contribution in [0.2, 0.25) is 15.1 Å². The van der Waals surface area contributed by atoms with Crippen molar-refractivity contribution in [2.45, 2.75) is 44.2 Å². The topological polar surface area (TPSA) is 36.4 Å². The monoisotopic (exact) mass is 407 g/mol. The first kappa shape index (κ1) is 18.0. The Bertz CT molecular complexity index is 857. The highest BCUT2D eigenvalue weighted by atomic mass is 35.5. The molecule has 0 amide bonds. The smallest absolute Gasteiger partial charge is 0.127 e. The van der Waals surface area contributed by atoms with Gasteiger partial charge in [0, 0.05) is 5.02 Å². The van der Waals surface area contributed by atoms with Gasteiger partial charge in [0.05, 0.1) is 33.5 Å². The van der Waals surface area contributed by atoms with Crippen LogP contribution in [-0.2, 0) is 6.54 Å². The van der Waals surface area contributed by atoms with E-state index >= 15 is 0 Å². The summed E-state index contributed by atoms with van der Waals surface area (Å²) in [5, 5.41) is 9.07. The SMILES string of the molecule is Clc1cccc(CN=C2Nc3cc(Cl)c(Cl)cc3NC23CCCCC3)c1. The lowest BCUT2D eigenvalue weighted by Gasteiger charge is -2.44. The van der Waals surface area contributed by atoms with Crippen LogP contribution in [0.5, 0.6) is 0 Å². The molecule has 1 fully saturated rings. The molecule has 0 unspecified atom stereocenters. The van der Waals surface area contributed by atoms with Gasteiger partial charge in [0.25, 0.3) is 0 Å². The van der Waals surface area contributed by atoms with Crippen molar-refractivity contribution < 1.29 is 0 Å². The van der Waals surface area contributed by atoms with Gasteiger partial charge < -0.3 is 10.6 Å². The van der Waals surface area contributed by atoms with Crippen LogP contribution in [0.4, 0.5) is 11.4 Å². The quantitative estimate of drug-likeness (QED) is 0.574. The summed E-state index contributed by atoms with van der Waals surface area (Å²) < 4.78 is 0. The molecule has 1 aliphatic carbocycles. The van der Waals surface area contributed by atoms with Crippen LogP contribution < -0.4 is 10.6 Å². The Morgan fingerprint density at radius 3 is 2.38 bits per heavy atom. The lowest BCUT2D eigenvalue weighted by atomic mass is 9.79. The van der Waals surface area contributed by atoms with E-state index in [0.29, 0.717) is 16.6 Å². The number of hydrogen-bond acceptors (Lipinski definition) is 2. The summed E-state index contributed by atoms with van der Waals surface area (Å²) >= 11 is 18.5. The van der Waals surface area contributed by atoms with E-state index in [1.165, 1.54) is 19.3 Å². The molecule has 1 heterocycles. The summed E-state index contributed by atoms with van der Waals surface area (Å²) in [7, 11) is 0. The summed E-state index contributed by atoms with van der Waals surface area (Å²) in [6, 6.07) is 11.6. The largest absolute Gasteiger partial charge is 0.371 e. The van der Waals surface area contributed by atoms with E-state index in [1.54, 1.807) is 0 Å². The summed E-state index contributed by atoms with van der Waals surface area (Å²) in [6.07, 6.45) is 5.73. The molecule has 26 heavy (non-hydrogen) atoms. The Morgan fingerprint density at radius 1 is 0.923 bits per heavy atom. The van der Waals surface area contributed by atoms with Crippen LogP contribution in [0.25, 0.3) is 0 Å². The molecule has 0 saturated heterocycles. The average Bonchev–Trinajstić information content (AvgIpc) is 2.62. The van der Waals surface area contributed by atoms with Gasteiger partial charge in [-0.15, -0.1) is 0 Å². The number of hydrogen-bond donors (Lipinski definition) is 2. The minimum absolute atomic E-state index is 0.166. The van der Waals surface area contributed by atoms with Crippen LogP contribution in [0.3, 0.4) is 0 Å². The summed E-state index contributed by atoms with van der Waals surface area (Å²) in [5.41, 5.74) is 2.84. The molecule has 0 aromatic heterocycles. The number of fused-ring (bicyclic) bond motifs is 1. The van der Waals surface area contributed by atoms with Crippen molar-refractivity contribution in [1.29, 1.82) is 0 Å². The van der Waals surface area contributed by atoms with Crippen molar-refractivity contribution in [2.24, 2.45) is 4.99 Å². The predicted octanol–water partition coefficient (Wildman–Crippen LogP) is 6.79. The minimum atomic E-state index is -0.166. The van der Waals surface area contributed by atoms with E-state index in [-0.39, 0.29) is 5.54 Å². The third kappa shape index (κ3) is 3.53. The Morgan fingerprint density at radius 2 is 1.65 bits per heavy atom. The molecule has 2 aliphatic rings. The van der Waals surface area contributed by atoms with Gasteiger partial charge in [-0.25, -0.2) is 0 Å². The van der Waals surface area contributed by atoms with Gasteiger partial charge in [0.15, 0.2) is 0 Å². The first-order valence-electron chi connectivity index (χ1n) is 8.89. The predicted molar refractivity (Wildman–Crippen MR) is 112 cm³/mol. The molecule has 1 spiro atoms. The van der Waals surface area contributed by atoms with E-state index in [0.717, 1.165) is 40.6 Å². The molecule has 1 saturated carbocycles. The van der Waals surface area contributed by atoms with Gasteiger partial charge in [0.2, 0.25) is 0 Å². The molecule has 0 atom stereocenters. The lowest BCUT2D eigenvalue weighted by molar-refractivity contribution is 0.403. The van der Waals surface area contributed by atoms with E-state index < -0.39 is 0 Å². The third-order valence-corrected chi connectivity index (χ3v) is 6.11. The highest BCUT2D eigenvalue weighted by molar-refractivity contribution is 6.42. The fourth-order valence-corrected chi connectivity index (χ4v) is 4.37. The minimum Gasteiger partial charge on any atom is -0.371 e. The van der Waals surface area contributed by atoms with Gasteiger partial charge in [0.1, 0.15) is 5.84 Å². The molecule has 6 heteroatoms. The molecular formula is C20H20Cl3N3. The second-order valence-corrected chi connectivity index (χ2v) is 8.25. The van der Waals surface area contributed by atoms with Crippen molar-refractivity contribution in [1.82, 2.24) is 0 Å². The average molecular weight is 409 g/mol. The summed E-state index contributed by atoms with van der Waals surface area (Å²) in [4.78, 5) is 4.93. The number of halogens is 3. The lowest BCUT2D eigenvalue weighted by Crippen LogP contribution is -2.53. The number of aliphatic imine (C=N–C) groups is 1. The maximum Gasteiger partial charge on any atom is 0.127 e. The van der Waals surface area contributed by atoms with Crippen LogP contribution in [0, 0.1) is 0 Å². The first-order chi connectivity index (χ1) is 12.6. The fourth-order valence-electron chi connectivity index (χ4n) is 3.83. The van der Waals surface area contributed by atoms with Gasteiger partial charge in [-0.3, -0.25) is 4.99 Å². The second kappa shape index (κ2) is 7.30. The molecular weight excluding hydrogens is 389 g/mol. The maximum absolute atomic E-state index is 6.22. The highest BCUT2D eigenvalue weighted by Crippen LogP contribution is 2.42. The number of nitrogens with one attached hydrogen (secondary N) is 2. The van der Waals surface area contributed by atoms with E-state index in [2.05, 4.69) is 10.6 Å². The molecule has 1 aliphatic heterocycles. The second-order valence-electron chi connectivity index (χ2n) is 7.00. The molecule has 0 bridgehead atoms. The zero-order valence-electron chi connectivity index (χ0n) is 14.3. The van der Waals surface area contributed by atoms with Gasteiger partial charge in [-0.2, -0.15) is 0 Å².